The standard InChI is InChI=1S/C36H58O4/c1-34(2)23-39-36(40-24-34)17-16-29-26(20-36)12-14-30-32-15-13-27(10-6-19-38-28-11-7-18-37-22-28)35(32,3)21-31(33(29)30)25-8-4-5-9-25/h25-28,30-32H,4-24H2,1-3H3/t26-,27+,28?,30-,31+,32-,35+/m0/s1. The highest BCUT2D eigenvalue weighted by Crippen LogP contribution is 2.67. The van der Waals surface area contributed by atoms with Crippen molar-refractivity contribution in [3.63, 3.8) is 0 Å². The van der Waals surface area contributed by atoms with E-state index in [1.165, 1.54) is 83.5 Å². The monoisotopic (exact) mass is 554 g/mol. The van der Waals surface area contributed by atoms with Gasteiger partial charge in [-0.1, -0.05) is 44.8 Å². The van der Waals surface area contributed by atoms with Crippen molar-refractivity contribution in [1.29, 1.82) is 0 Å². The van der Waals surface area contributed by atoms with Gasteiger partial charge in [0.1, 0.15) is 0 Å². The van der Waals surface area contributed by atoms with Gasteiger partial charge in [-0.15, -0.1) is 0 Å². The predicted molar refractivity (Wildman–Crippen MR) is 159 cm³/mol. The van der Waals surface area contributed by atoms with Gasteiger partial charge in [0.2, 0.25) is 0 Å². The smallest absolute Gasteiger partial charge is 0.169 e. The summed E-state index contributed by atoms with van der Waals surface area (Å²) in [5, 5.41) is 0. The van der Waals surface area contributed by atoms with Crippen LogP contribution in [0.3, 0.4) is 0 Å². The molecule has 2 saturated heterocycles. The van der Waals surface area contributed by atoms with Gasteiger partial charge in [-0.05, 0) is 118 Å². The minimum absolute atomic E-state index is 0.151. The second kappa shape index (κ2) is 11.3. The molecule has 0 amide bonds. The zero-order valence-electron chi connectivity index (χ0n) is 26.0. The summed E-state index contributed by atoms with van der Waals surface area (Å²) in [6.07, 6.45) is 21.8. The van der Waals surface area contributed by atoms with Crippen molar-refractivity contribution in [3.05, 3.63) is 11.1 Å². The summed E-state index contributed by atoms with van der Waals surface area (Å²) in [6, 6.07) is 0. The summed E-state index contributed by atoms with van der Waals surface area (Å²) >= 11 is 0. The van der Waals surface area contributed by atoms with E-state index in [0.717, 1.165) is 81.9 Å². The summed E-state index contributed by atoms with van der Waals surface area (Å²) in [5.74, 6) is 4.85. The molecule has 0 aromatic carbocycles. The first-order chi connectivity index (χ1) is 19.4. The van der Waals surface area contributed by atoms with Gasteiger partial charge < -0.3 is 18.9 Å². The number of rotatable bonds is 6. The molecule has 0 radical (unpaired) electrons. The molecule has 7 aliphatic rings. The van der Waals surface area contributed by atoms with Crippen molar-refractivity contribution in [1.82, 2.24) is 0 Å². The molecule has 4 heteroatoms. The highest BCUT2D eigenvalue weighted by molar-refractivity contribution is 5.33. The van der Waals surface area contributed by atoms with Gasteiger partial charge in [-0.25, -0.2) is 0 Å². The largest absolute Gasteiger partial charge is 0.379 e. The summed E-state index contributed by atoms with van der Waals surface area (Å²) in [6.45, 7) is 11.7. The van der Waals surface area contributed by atoms with Crippen LogP contribution in [0.4, 0.5) is 0 Å². The molecule has 2 heterocycles. The molecule has 1 unspecified atom stereocenters. The van der Waals surface area contributed by atoms with Crippen molar-refractivity contribution in [2.45, 2.75) is 135 Å². The summed E-state index contributed by atoms with van der Waals surface area (Å²) < 4.78 is 25.0. The quantitative estimate of drug-likeness (QED) is 0.244. The van der Waals surface area contributed by atoms with Crippen LogP contribution in [0, 0.1) is 46.3 Å². The number of fused-ring (bicyclic) bond motifs is 4. The highest BCUT2D eigenvalue weighted by Gasteiger charge is 2.58. The van der Waals surface area contributed by atoms with Crippen molar-refractivity contribution in [2.24, 2.45) is 46.3 Å². The Kier molecular flexibility index (Phi) is 7.98. The van der Waals surface area contributed by atoms with Crippen molar-refractivity contribution in [3.8, 4) is 0 Å². The second-order valence-electron chi connectivity index (χ2n) is 16.3. The minimum atomic E-state index is -0.298. The normalized spacial score (nSPS) is 43.0. The SMILES string of the molecule is CC1(C)COC2(CCC3=C4[C@@H](CC[C@H]3C2)[C@@H]2CC[C@@H](CCCOC3CCCOC3)[C@@]2(C)C[C@@H]4C2CCCC2)OC1. The van der Waals surface area contributed by atoms with Gasteiger partial charge in [0.25, 0.3) is 0 Å². The minimum Gasteiger partial charge on any atom is -0.379 e. The van der Waals surface area contributed by atoms with E-state index in [0.29, 0.717) is 17.4 Å². The van der Waals surface area contributed by atoms with Crippen molar-refractivity contribution in [2.75, 3.05) is 33.0 Å². The highest BCUT2D eigenvalue weighted by atomic mass is 16.7. The Hall–Kier alpha value is -0.420. The number of allylic oxidation sites excluding steroid dienone is 2. The first kappa shape index (κ1) is 28.4. The van der Waals surface area contributed by atoms with E-state index in [1.807, 2.05) is 11.1 Å². The van der Waals surface area contributed by atoms with Crippen LogP contribution in [0.25, 0.3) is 0 Å². The summed E-state index contributed by atoms with van der Waals surface area (Å²) in [7, 11) is 0. The maximum atomic E-state index is 6.56. The Morgan fingerprint density at radius 1 is 0.850 bits per heavy atom. The van der Waals surface area contributed by atoms with E-state index in [1.54, 1.807) is 0 Å². The van der Waals surface area contributed by atoms with Gasteiger partial charge in [0, 0.05) is 31.5 Å². The average Bonchev–Trinajstić information content (AvgIpc) is 3.61. The van der Waals surface area contributed by atoms with Crippen LogP contribution >= 0.6 is 0 Å². The molecule has 226 valence electrons. The lowest BCUT2D eigenvalue weighted by Gasteiger charge is -2.56. The lowest BCUT2D eigenvalue weighted by atomic mass is 9.50. The van der Waals surface area contributed by atoms with Gasteiger partial charge in [-0.2, -0.15) is 0 Å². The van der Waals surface area contributed by atoms with E-state index in [4.69, 9.17) is 18.9 Å². The Balaban J connectivity index is 1.08. The lowest BCUT2D eigenvalue weighted by Crippen LogP contribution is -2.52. The Morgan fingerprint density at radius 3 is 2.45 bits per heavy atom. The fourth-order valence-electron chi connectivity index (χ4n) is 11.1. The van der Waals surface area contributed by atoms with Crippen LogP contribution < -0.4 is 0 Å². The van der Waals surface area contributed by atoms with Crippen LogP contribution in [0.15, 0.2) is 11.1 Å². The Bertz CT molecular complexity index is 917. The molecular weight excluding hydrogens is 496 g/mol. The average molecular weight is 555 g/mol. The zero-order chi connectivity index (χ0) is 27.4. The topological polar surface area (TPSA) is 36.9 Å². The van der Waals surface area contributed by atoms with Crippen LogP contribution in [0.5, 0.6) is 0 Å². The maximum Gasteiger partial charge on any atom is 0.169 e. The van der Waals surface area contributed by atoms with Crippen LogP contribution in [0.2, 0.25) is 0 Å². The third-order valence-electron chi connectivity index (χ3n) is 13.2. The molecule has 7 rings (SSSR count). The fourth-order valence-corrected chi connectivity index (χ4v) is 11.1. The molecule has 1 spiro atoms. The molecule has 7 atom stereocenters. The van der Waals surface area contributed by atoms with Crippen molar-refractivity contribution < 1.29 is 18.9 Å². The summed E-state index contributed by atoms with van der Waals surface area (Å²) in [5.41, 5.74) is 4.60. The second-order valence-corrected chi connectivity index (χ2v) is 16.3. The molecule has 4 saturated carbocycles. The zero-order valence-corrected chi connectivity index (χ0v) is 26.0. The van der Waals surface area contributed by atoms with Gasteiger partial charge in [0.15, 0.2) is 5.79 Å². The lowest BCUT2D eigenvalue weighted by molar-refractivity contribution is -0.312. The number of hydrogen-bond donors (Lipinski definition) is 0. The maximum absolute atomic E-state index is 6.56. The molecule has 0 aromatic rings. The molecule has 2 aliphatic heterocycles. The molecule has 4 nitrogen and oxygen atoms in total. The van der Waals surface area contributed by atoms with Crippen LogP contribution in [-0.4, -0.2) is 44.9 Å². The van der Waals surface area contributed by atoms with Crippen LogP contribution in [0.1, 0.15) is 124 Å². The van der Waals surface area contributed by atoms with Gasteiger partial charge in [0.05, 0.1) is 25.9 Å². The molecule has 0 aromatic heterocycles. The van der Waals surface area contributed by atoms with E-state index in [9.17, 15) is 0 Å². The number of ether oxygens (including phenoxy) is 4. The molecule has 6 fully saturated rings. The molecule has 0 bridgehead atoms. The van der Waals surface area contributed by atoms with E-state index in [2.05, 4.69) is 20.8 Å². The third kappa shape index (κ3) is 5.28. The number of hydrogen-bond acceptors (Lipinski definition) is 4. The first-order valence-corrected chi connectivity index (χ1v) is 17.6. The van der Waals surface area contributed by atoms with E-state index < -0.39 is 0 Å². The van der Waals surface area contributed by atoms with E-state index in [-0.39, 0.29) is 11.2 Å². The first-order valence-electron chi connectivity index (χ1n) is 17.6. The molecule has 40 heavy (non-hydrogen) atoms. The van der Waals surface area contributed by atoms with Gasteiger partial charge in [-0.3, -0.25) is 0 Å². The van der Waals surface area contributed by atoms with Crippen molar-refractivity contribution >= 4 is 0 Å². The molecule has 0 N–H and O–H groups in total. The Morgan fingerprint density at radius 2 is 1.68 bits per heavy atom. The molecule has 5 aliphatic carbocycles. The van der Waals surface area contributed by atoms with E-state index >= 15 is 0 Å². The molecular formula is C36H58O4. The fraction of sp³-hybridized carbons (Fsp3) is 0.944. The Labute approximate surface area is 244 Å². The third-order valence-corrected chi connectivity index (χ3v) is 13.2. The predicted octanol–water partition coefficient (Wildman–Crippen LogP) is 8.48. The van der Waals surface area contributed by atoms with Gasteiger partial charge >= 0.3 is 0 Å². The summed E-state index contributed by atoms with van der Waals surface area (Å²) in [4.78, 5) is 0. The van der Waals surface area contributed by atoms with Crippen LogP contribution in [-0.2, 0) is 18.9 Å².